The van der Waals surface area contributed by atoms with E-state index in [1.807, 2.05) is 51.1 Å². The molecule has 3 nitrogen and oxygen atoms in total. The minimum absolute atomic E-state index is 0.0555. The molecule has 0 fully saturated rings. The molecule has 128 valence electrons. The first-order valence-electron chi connectivity index (χ1n) is 8.19. The summed E-state index contributed by atoms with van der Waals surface area (Å²) in [5, 5.41) is 2.86. The van der Waals surface area contributed by atoms with Crippen LogP contribution < -0.4 is 10.1 Å². The summed E-state index contributed by atoms with van der Waals surface area (Å²) in [6, 6.07) is 16.3. The third-order valence-corrected chi connectivity index (χ3v) is 4.79. The molecule has 0 saturated carbocycles. The number of hydrogen-bond donors (Lipinski definition) is 1. The molecular formula is C20H25NO2S. The molecule has 0 aliphatic carbocycles. The average Bonchev–Trinajstić information content (AvgIpc) is 2.56. The van der Waals surface area contributed by atoms with Crippen LogP contribution in [0.5, 0.6) is 5.75 Å². The molecule has 0 saturated heterocycles. The Kier molecular flexibility index (Phi) is 7.19. The predicted molar refractivity (Wildman–Crippen MR) is 102 cm³/mol. The molecule has 0 spiro atoms. The maximum absolute atomic E-state index is 12.1. The lowest BCUT2D eigenvalue weighted by atomic mass is 10.1. The van der Waals surface area contributed by atoms with E-state index in [9.17, 15) is 4.79 Å². The highest BCUT2D eigenvalue weighted by Gasteiger charge is 2.12. The van der Waals surface area contributed by atoms with Gasteiger partial charge in [-0.05, 0) is 49.6 Å². The molecular weight excluding hydrogens is 318 g/mol. The SMILES string of the molecule is Cc1cc(C)cc(OCCNC(=O)C(C)SCc2ccccc2)c1. The summed E-state index contributed by atoms with van der Waals surface area (Å²) in [7, 11) is 0. The van der Waals surface area contributed by atoms with Crippen molar-refractivity contribution in [3.8, 4) is 5.75 Å². The van der Waals surface area contributed by atoms with Crippen LogP contribution in [0, 0.1) is 13.8 Å². The van der Waals surface area contributed by atoms with Crippen molar-refractivity contribution < 1.29 is 9.53 Å². The van der Waals surface area contributed by atoms with Gasteiger partial charge in [0, 0.05) is 5.75 Å². The maximum atomic E-state index is 12.1. The number of ether oxygens (including phenoxy) is 1. The Morgan fingerprint density at radius 2 is 1.79 bits per heavy atom. The lowest BCUT2D eigenvalue weighted by Gasteiger charge is -2.13. The highest BCUT2D eigenvalue weighted by atomic mass is 32.2. The first-order valence-corrected chi connectivity index (χ1v) is 9.24. The first-order chi connectivity index (χ1) is 11.5. The Hall–Kier alpha value is -1.94. The minimum Gasteiger partial charge on any atom is -0.492 e. The highest BCUT2D eigenvalue weighted by molar-refractivity contribution is 7.99. The molecule has 0 aromatic heterocycles. The fraction of sp³-hybridized carbons (Fsp3) is 0.350. The van der Waals surface area contributed by atoms with Crippen molar-refractivity contribution in [1.29, 1.82) is 0 Å². The van der Waals surface area contributed by atoms with Gasteiger partial charge >= 0.3 is 0 Å². The highest BCUT2D eigenvalue weighted by Crippen LogP contribution is 2.18. The van der Waals surface area contributed by atoms with Crippen LogP contribution in [0.25, 0.3) is 0 Å². The molecule has 1 unspecified atom stereocenters. The van der Waals surface area contributed by atoms with Crippen LogP contribution in [-0.4, -0.2) is 24.3 Å². The van der Waals surface area contributed by atoms with Gasteiger partial charge in [0.1, 0.15) is 12.4 Å². The normalized spacial score (nSPS) is 11.8. The van der Waals surface area contributed by atoms with Crippen LogP contribution in [0.15, 0.2) is 48.5 Å². The van der Waals surface area contributed by atoms with E-state index in [0.29, 0.717) is 13.2 Å². The van der Waals surface area contributed by atoms with Gasteiger partial charge in [-0.25, -0.2) is 0 Å². The topological polar surface area (TPSA) is 38.3 Å². The van der Waals surface area contributed by atoms with Gasteiger partial charge in [0.2, 0.25) is 5.91 Å². The summed E-state index contributed by atoms with van der Waals surface area (Å²) < 4.78 is 5.71. The zero-order valence-corrected chi connectivity index (χ0v) is 15.4. The lowest BCUT2D eigenvalue weighted by Crippen LogP contribution is -2.34. The summed E-state index contributed by atoms with van der Waals surface area (Å²) in [5.74, 6) is 1.75. The zero-order chi connectivity index (χ0) is 17.4. The molecule has 2 rings (SSSR count). The molecule has 4 heteroatoms. The van der Waals surface area contributed by atoms with Crippen molar-refractivity contribution in [2.24, 2.45) is 0 Å². The number of rotatable bonds is 8. The van der Waals surface area contributed by atoms with Crippen LogP contribution in [0.1, 0.15) is 23.6 Å². The Morgan fingerprint density at radius 1 is 1.12 bits per heavy atom. The van der Waals surface area contributed by atoms with Crippen LogP contribution in [0.2, 0.25) is 0 Å². The largest absolute Gasteiger partial charge is 0.492 e. The predicted octanol–water partition coefficient (Wildman–Crippen LogP) is 4.12. The van der Waals surface area contributed by atoms with Gasteiger partial charge in [0.05, 0.1) is 11.8 Å². The summed E-state index contributed by atoms with van der Waals surface area (Å²) >= 11 is 1.64. The molecule has 1 atom stereocenters. The number of nitrogens with one attached hydrogen (secondary N) is 1. The monoisotopic (exact) mass is 343 g/mol. The van der Waals surface area contributed by atoms with E-state index in [1.165, 1.54) is 16.7 Å². The van der Waals surface area contributed by atoms with E-state index >= 15 is 0 Å². The second kappa shape index (κ2) is 9.38. The molecule has 0 aliphatic heterocycles. The smallest absolute Gasteiger partial charge is 0.232 e. The molecule has 1 amide bonds. The second-order valence-electron chi connectivity index (χ2n) is 5.90. The van der Waals surface area contributed by atoms with E-state index in [1.54, 1.807) is 11.8 Å². The van der Waals surface area contributed by atoms with Gasteiger partial charge in [0.25, 0.3) is 0 Å². The van der Waals surface area contributed by atoms with Crippen LogP contribution in [0.4, 0.5) is 0 Å². The standard InChI is InChI=1S/C20H25NO2S/c1-15-11-16(2)13-19(12-15)23-10-9-21-20(22)17(3)24-14-18-7-5-4-6-8-18/h4-8,11-13,17H,9-10,14H2,1-3H3,(H,21,22). The van der Waals surface area contributed by atoms with Gasteiger partial charge in [-0.15, -0.1) is 11.8 Å². The Morgan fingerprint density at radius 3 is 2.46 bits per heavy atom. The second-order valence-corrected chi connectivity index (χ2v) is 7.23. The van der Waals surface area contributed by atoms with Crippen molar-refractivity contribution in [3.05, 3.63) is 65.2 Å². The van der Waals surface area contributed by atoms with Crippen molar-refractivity contribution in [2.75, 3.05) is 13.2 Å². The van der Waals surface area contributed by atoms with Crippen LogP contribution in [0.3, 0.4) is 0 Å². The Balaban J connectivity index is 1.67. The maximum Gasteiger partial charge on any atom is 0.232 e. The van der Waals surface area contributed by atoms with Gasteiger partial charge < -0.3 is 10.1 Å². The summed E-state index contributed by atoms with van der Waals surface area (Å²) in [6.07, 6.45) is 0. The fourth-order valence-corrected chi connectivity index (χ4v) is 3.24. The number of aryl methyl sites for hydroxylation is 2. The number of amides is 1. The summed E-state index contributed by atoms with van der Waals surface area (Å²) in [4.78, 5) is 12.1. The van der Waals surface area contributed by atoms with Crippen molar-refractivity contribution in [1.82, 2.24) is 5.32 Å². The molecule has 2 aromatic rings. The zero-order valence-electron chi connectivity index (χ0n) is 14.5. The number of thioether (sulfide) groups is 1. The lowest BCUT2D eigenvalue weighted by molar-refractivity contribution is -0.120. The number of carbonyl (C=O) groups excluding carboxylic acids is 1. The summed E-state index contributed by atoms with van der Waals surface area (Å²) in [6.45, 7) is 7.03. The van der Waals surface area contributed by atoms with Gasteiger partial charge in [-0.2, -0.15) is 0 Å². The molecule has 2 aromatic carbocycles. The first kappa shape index (κ1) is 18.4. The number of hydrogen-bond acceptors (Lipinski definition) is 3. The molecule has 0 aliphatic rings. The molecule has 1 N–H and O–H groups in total. The van der Waals surface area contributed by atoms with E-state index in [2.05, 4.69) is 23.5 Å². The third-order valence-electron chi connectivity index (χ3n) is 3.58. The molecule has 24 heavy (non-hydrogen) atoms. The van der Waals surface area contributed by atoms with Crippen molar-refractivity contribution >= 4 is 17.7 Å². The van der Waals surface area contributed by atoms with Crippen molar-refractivity contribution in [3.63, 3.8) is 0 Å². The summed E-state index contributed by atoms with van der Waals surface area (Å²) in [5.41, 5.74) is 3.60. The Labute approximate surface area is 148 Å². The fourth-order valence-electron chi connectivity index (χ4n) is 2.37. The minimum atomic E-state index is -0.0774. The van der Waals surface area contributed by atoms with E-state index in [0.717, 1.165) is 11.5 Å². The van der Waals surface area contributed by atoms with Crippen LogP contribution in [-0.2, 0) is 10.5 Å². The van der Waals surface area contributed by atoms with Gasteiger partial charge in [-0.3, -0.25) is 4.79 Å². The number of benzene rings is 2. The van der Waals surface area contributed by atoms with Crippen LogP contribution >= 0.6 is 11.8 Å². The van der Waals surface area contributed by atoms with E-state index < -0.39 is 0 Å². The van der Waals surface area contributed by atoms with Crippen molar-refractivity contribution in [2.45, 2.75) is 31.8 Å². The third kappa shape index (κ3) is 6.28. The van der Waals surface area contributed by atoms with E-state index in [-0.39, 0.29) is 11.2 Å². The quantitative estimate of drug-likeness (QED) is 0.733. The van der Waals surface area contributed by atoms with Gasteiger partial charge in [-0.1, -0.05) is 36.4 Å². The molecule has 0 bridgehead atoms. The average molecular weight is 343 g/mol. The van der Waals surface area contributed by atoms with E-state index in [4.69, 9.17) is 4.74 Å². The Bertz CT molecular complexity index is 638. The molecule has 0 heterocycles. The molecule has 0 radical (unpaired) electrons. The van der Waals surface area contributed by atoms with Gasteiger partial charge in [0.15, 0.2) is 0 Å². The number of carbonyl (C=O) groups is 1.